The summed E-state index contributed by atoms with van der Waals surface area (Å²) in [5.41, 5.74) is 0. The zero-order chi connectivity index (χ0) is 13.8. The molecule has 0 aromatic rings. The molecular weight excluding hydrogens is 216 g/mol. The van der Waals surface area contributed by atoms with E-state index in [1.807, 2.05) is 0 Å². The van der Waals surface area contributed by atoms with Gasteiger partial charge in [-0.1, -0.05) is 98.8 Å². The van der Waals surface area contributed by atoms with Gasteiger partial charge in [0.05, 0.1) is 0 Å². The van der Waals surface area contributed by atoms with E-state index in [2.05, 4.69) is 34.6 Å². The van der Waals surface area contributed by atoms with Crippen LogP contribution in [0.25, 0.3) is 0 Å². The topological polar surface area (TPSA) is 0 Å². The van der Waals surface area contributed by atoms with E-state index in [0.717, 1.165) is 11.8 Å². The van der Waals surface area contributed by atoms with Gasteiger partial charge in [-0.2, -0.15) is 0 Å². The molecule has 0 aliphatic heterocycles. The predicted octanol–water partition coefficient (Wildman–Crippen LogP) is 6.65. The van der Waals surface area contributed by atoms with Crippen molar-refractivity contribution >= 4 is 0 Å². The minimum atomic E-state index is 0.710. The number of rotatable bonds is 12. The average Bonchev–Trinajstić information content (AvgIpc) is 2.28. The van der Waals surface area contributed by atoms with Crippen molar-refractivity contribution in [3.8, 4) is 0 Å². The van der Waals surface area contributed by atoms with Gasteiger partial charge in [0.1, 0.15) is 0 Å². The lowest BCUT2D eigenvalue weighted by molar-refractivity contribution is 0.445. The second-order valence-electron chi connectivity index (χ2n) is 6.93. The smallest absolute Gasteiger partial charge is 0.0414 e. The van der Waals surface area contributed by atoms with E-state index in [0.29, 0.717) is 5.92 Å². The van der Waals surface area contributed by atoms with Crippen LogP contribution in [0.1, 0.15) is 91.9 Å². The first kappa shape index (κ1) is 18.0. The SMILES string of the molecule is [CH2]C(CCCCCCC(C)C)CCCCC(C)C. The first-order chi connectivity index (χ1) is 8.52. The van der Waals surface area contributed by atoms with Crippen LogP contribution < -0.4 is 0 Å². The van der Waals surface area contributed by atoms with Crippen LogP contribution in [-0.4, -0.2) is 0 Å². The maximum atomic E-state index is 4.30. The molecule has 1 atom stereocenters. The molecule has 0 aromatic carbocycles. The van der Waals surface area contributed by atoms with E-state index in [1.165, 1.54) is 64.2 Å². The van der Waals surface area contributed by atoms with Gasteiger partial charge in [-0.3, -0.25) is 0 Å². The molecule has 18 heavy (non-hydrogen) atoms. The third-order valence-electron chi connectivity index (χ3n) is 3.79. The maximum Gasteiger partial charge on any atom is -0.0414 e. The van der Waals surface area contributed by atoms with Crippen LogP contribution in [0.4, 0.5) is 0 Å². The molecule has 1 unspecified atom stereocenters. The summed E-state index contributed by atoms with van der Waals surface area (Å²) in [5, 5.41) is 0. The van der Waals surface area contributed by atoms with Crippen molar-refractivity contribution in [1.82, 2.24) is 0 Å². The fraction of sp³-hybridized carbons (Fsp3) is 0.944. The van der Waals surface area contributed by atoms with E-state index in [4.69, 9.17) is 0 Å². The highest BCUT2D eigenvalue weighted by Gasteiger charge is 2.03. The zero-order valence-electron chi connectivity index (χ0n) is 13.5. The molecule has 1 radical (unpaired) electrons. The van der Waals surface area contributed by atoms with Gasteiger partial charge in [-0.15, -0.1) is 0 Å². The van der Waals surface area contributed by atoms with Crippen molar-refractivity contribution in [2.24, 2.45) is 17.8 Å². The number of unbranched alkanes of at least 4 members (excludes halogenated alkanes) is 4. The molecule has 0 saturated heterocycles. The van der Waals surface area contributed by atoms with Crippen molar-refractivity contribution in [3.05, 3.63) is 6.92 Å². The van der Waals surface area contributed by atoms with Crippen molar-refractivity contribution < 1.29 is 0 Å². The summed E-state index contributed by atoms with van der Waals surface area (Å²) >= 11 is 0. The van der Waals surface area contributed by atoms with E-state index in [1.54, 1.807) is 0 Å². The molecule has 0 aliphatic carbocycles. The summed E-state index contributed by atoms with van der Waals surface area (Å²) in [5.74, 6) is 2.46. The van der Waals surface area contributed by atoms with Crippen LogP contribution in [-0.2, 0) is 0 Å². The van der Waals surface area contributed by atoms with E-state index in [9.17, 15) is 0 Å². The summed E-state index contributed by atoms with van der Waals surface area (Å²) in [4.78, 5) is 0. The normalized spacial score (nSPS) is 13.5. The molecule has 0 spiro atoms. The van der Waals surface area contributed by atoms with Crippen LogP contribution >= 0.6 is 0 Å². The lowest BCUT2D eigenvalue weighted by atomic mass is 9.95. The molecule has 0 N–H and O–H groups in total. The number of hydrogen-bond donors (Lipinski definition) is 0. The van der Waals surface area contributed by atoms with Crippen molar-refractivity contribution in [2.45, 2.75) is 91.9 Å². The van der Waals surface area contributed by atoms with Gasteiger partial charge in [0.2, 0.25) is 0 Å². The molecule has 109 valence electrons. The fourth-order valence-corrected chi connectivity index (χ4v) is 2.47. The van der Waals surface area contributed by atoms with Gasteiger partial charge >= 0.3 is 0 Å². The Bertz CT molecular complexity index is 157. The summed E-state index contributed by atoms with van der Waals surface area (Å²) in [6.45, 7) is 13.6. The first-order valence-corrected chi connectivity index (χ1v) is 8.35. The Balaban J connectivity index is 3.19. The predicted molar refractivity (Wildman–Crippen MR) is 84.7 cm³/mol. The lowest BCUT2D eigenvalue weighted by Gasteiger charge is -2.11. The van der Waals surface area contributed by atoms with Crippen LogP contribution in [0.5, 0.6) is 0 Å². The molecule has 0 heteroatoms. The van der Waals surface area contributed by atoms with Gasteiger partial charge in [-0.05, 0) is 17.8 Å². The molecule has 0 aliphatic rings. The number of hydrogen-bond acceptors (Lipinski definition) is 0. The Morgan fingerprint density at radius 2 is 0.889 bits per heavy atom. The minimum absolute atomic E-state index is 0.710. The van der Waals surface area contributed by atoms with E-state index in [-0.39, 0.29) is 0 Å². The summed E-state index contributed by atoms with van der Waals surface area (Å²) in [6.07, 6.45) is 14.0. The molecule has 0 nitrogen and oxygen atoms in total. The van der Waals surface area contributed by atoms with E-state index < -0.39 is 0 Å². The third kappa shape index (κ3) is 14.1. The molecule has 0 heterocycles. The van der Waals surface area contributed by atoms with Gasteiger partial charge in [0, 0.05) is 0 Å². The quantitative estimate of drug-likeness (QED) is 0.342. The molecule has 0 bridgehead atoms. The van der Waals surface area contributed by atoms with Crippen LogP contribution in [0.2, 0.25) is 0 Å². The van der Waals surface area contributed by atoms with Gasteiger partial charge in [-0.25, -0.2) is 0 Å². The molecule has 0 fully saturated rings. The second kappa shape index (κ2) is 12.1. The summed E-state index contributed by atoms with van der Waals surface area (Å²) in [6, 6.07) is 0. The summed E-state index contributed by atoms with van der Waals surface area (Å²) < 4.78 is 0. The highest BCUT2D eigenvalue weighted by atomic mass is 14.1. The van der Waals surface area contributed by atoms with Gasteiger partial charge < -0.3 is 0 Å². The zero-order valence-corrected chi connectivity index (χ0v) is 13.5. The first-order valence-electron chi connectivity index (χ1n) is 8.35. The minimum Gasteiger partial charge on any atom is -0.0628 e. The molecule has 0 aromatic heterocycles. The summed E-state index contributed by atoms with van der Waals surface area (Å²) in [7, 11) is 0. The van der Waals surface area contributed by atoms with Crippen molar-refractivity contribution in [3.63, 3.8) is 0 Å². The second-order valence-corrected chi connectivity index (χ2v) is 6.93. The van der Waals surface area contributed by atoms with Crippen LogP contribution in [0, 0.1) is 24.7 Å². The Kier molecular flexibility index (Phi) is 12.1. The molecule has 0 amide bonds. The largest absolute Gasteiger partial charge is 0.0628 e. The monoisotopic (exact) mass is 253 g/mol. The van der Waals surface area contributed by atoms with Crippen LogP contribution in [0.15, 0.2) is 0 Å². The Labute approximate surface area is 117 Å². The van der Waals surface area contributed by atoms with Gasteiger partial charge in [0.15, 0.2) is 0 Å². The van der Waals surface area contributed by atoms with Crippen LogP contribution in [0.3, 0.4) is 0 Å². The molecule has 0 saturated carbocycles. The van der Waals surface area contributed by atoms with Crippen molar-refractivity contribution in [1.29, 1.82) is 0 Å². The van der Waals surface area contributed by atoms with Gasteiger partial charge in [0.25, 0.3) is 0 Å². The Hall–Kier alpha value is 0. The lowest BCUT2D eigenvalue weighted by Crippen LogP contribution is -1.96. The highest BCUT2D eigenvalue weighted by Crippen LogP contribution is 2.18. The maximum absolute atomic E-state index is 4.30. The standard InChI is InChI=1S/C18H37/c1-16(2)12-8-6-7-9-14-18(5)15-11-10-13-17(3)4/h16-18H,5-15H2,1-4H3. The Morgan fingerprint density at radius 3 is 1.33 bits per heavy atom. The highest BCUT2D eigenvalue weighted by molar-refractivity contribution is 4.62. The van der Waals surface area contributed by atoms with E-state index >= 15 is 0 Å². The fourth-order valence-electron chi connectivity index (χ4n) is 2.47. The molecule has 0 rings (SSSR count). The molecular formula is C18H37. The van der Waals surface area contributed by atoms with Crippen molar-refractivity contribution in [2.75, 3.05) is 0 Å². The third-order valence-corrected chi connectivity index (χ3v) is 3.79. The Morgan fingerprint density at radius 1 is 0.556 bits per heavy atom. The average molecular weight is 253 g/mol.